The average Bonchev–Trinajstić information content (AvgIpc) is 2.90. The fraction of sp³-hybridized carbons (Fsp3) is 0.179. The summed E-state index contributed by atoms with van der Waals surface area (Å²) < 4.78 is 0. The topological polar surface area (TPSA) is 90.5 Å². The van der Waals surface area contributed by atoms with Gasteiger partial charge in [0.05, 0.1) is 6.04 Å². The molecule has 7 nitrogen and oxygen atoms in total. The molecule has 1 atom stereocenters. The van der Waals surface area contributed by atoms with Crippen molar-refractivity contribution in [2.24, 2.45) is 0 Å². The SMILES string of the molecule is C=CC(=O)NCc1ccc(C(=O)NNC(=O)[C@@H]2Cc3ccccc3CN2Cc2ccccc2)cc1. The molecular formula is C28H28N4O3. The van der Waals surface area contributed by atoms with Crippen LogP contribution in [0.1, 0.15) is 32.6 Å². The lowest BCUT2D eigenvalue weighted by Crippen LogP contribution is -2.54. The van der Waals surface area contributed by atoms with E-state index in [0.29, 0.717) is 31.6 Å². The van der Waals surface area contributed by atoms with Crippen molar-refractivity contribution in [3.8, 4) is 0 Å². The molecule has 0 saturated heterocycles. The molecule has 0 unspecified atom stereocenters. The van der Waals surface area contributed by atoms with Gasteiger partial charge in [0.15, 0.2) is 0 Å². The molecule has 7 heteroatoms. The minimum absolute atomic E-state index is 0.257. The first-order chi connectivity index (χ1) is 17.0. The molecule has 1 aliphatic rings. The molecule has 0 spiro atoms. The number of rotatable bonds is 7. The molecule has 0 radical (unpaired) electrons. The second-order valence-electron chi connectivity index (χ2n) is 8.44. The second-order valence-corrected chi connectivity index (χ2v) is 8.44. The third kappa shape index (κ3) is 6.22. The highest BCUT2D eigenvalue weighted by Gasteiger charge is 2.31. The van der Waals surface area contributed by atoms with E-state index in [2.05, 4.69) is 33.7 Å². The molecule has 3 aromatic carbocycles. The standard InChI is InChI=1S/C28H28N4O3/c1-2-26(33)29-17-20-12-14-22(15-13-20)27(34)30-31-28(35)25-16-23-10-6-7-11-24(23)19-32(25)18-21-8-4-3-5-9-21/h2-15,25H,1,16-19H2,(H,29,33)(H,30,34)(H,31,35)/t25-/m0/s1. The van der Waals surface area contributed by atoms with E-state index in [-0.39, 0.29) is 11.8 Å². The van der Waals surface area contributed by atoms with Crippen LogP contribution >= 0.6 is 0 Å². The van der Waals surface area contributed by atoms with Crippen molar-refractivity contribution in [3.05, 3.63) is 119 Å². The molecule has 178 valence electrons. The number of hydrogen-bond acceptors (Lipinski definition) is 4. The fourth-order valence-corrected chi connectivity index (χ4v) is 4.13. The van der Waals surface area contributed by atoms with Crippen LogP contribution < -0.4 is 16.2 Å². The summed E-state index contributed by atoms with van der Waals surface area (Å²) in [6.07, 6.45) is 1.77. The first kappa shape index (κ1) is 23.9. The number of carbonyl (C=O) groups is 3. The molecule has 3 amide bonds. The lowest BCUT2D eigenvalue weighted by molar-refractivity contribution is -0.128. The van der Waals surface area contributed by atoms with Crippen LogP contribution in [0.4, 0.5) is 0 Å². The van der Waals surface area contributed by atoms with Gasteiger partial charge in [-0.1, -0.05) is 73.3 Å². The van der Waals surface area contributed by atoms with Gasteiger partial charge in [-0.2, -0.15) is 0 Å². The predicted molar refractivity (Wildman–Crippen MR) is 134 cm³/mol. The Bertz CT molecular complexity index is 1210. The van der Waals surface area contributed by atoms with Gasteiger partial charge in [-0.3, -0.25) is 30.1 Å². The zero-order chi connectivity index (χ0) is 24.6. The van der Waals surface area contributed by atoms with Crippen LogP contribution in [0.25, 0.3) is 0 Å². The summed E-state index contributed by atoms with van der Waals surface area (Å²) >= 11 is 0. The third-order valence-corrected chi connectivity index (χ3v) is 6.04. The van der Waals surface area contributed by atoms with Gasteiger partial charge in [-0.15, -0.1) is 0 Å². The Kier molecular flexibility index (Phi) is 7.70. The number of nitrogens with zero attached hydrogens (tertiary/aromatic N) is 1. The second kappa shape index (κ2) is 11.3. The van der Waals surface area contributed by atoms with Gasteiger partial charge in [0, 0.05) is 25.2 Å². The summed E-state index contributed by atoms with van der Waals surface area (Å²) in [6.45, 7) is 5.03. The van der Waals surface area contributed by atoms with E-state index < -0.39 is 11.9 Å². The number of amides is 3. The van der Waals surface area contributed by atoms with E-state index in [0.717, 1.165) is 16.7 Å². The molecule has 0 bridgehead atoms. The van der Waals surface area contributed by atoms with Crippen molar-refractivity contribution in [1.29, 1.82) is 0 Å². The number of hydrogen-bond donors (Lipinski definition) is 3. The Labute approximate surface area is 204 Å². The van der Waals surface area contributed by atoms with Crippen LogP contribution in [0.3, 0.4) is 0 Å². The van der Waals surface area contributed by atoms with Gasteiger partial charge in [0.2, 0.25) is 5.91 Å². The van der Waals surface area contributed by atoms with E-state index in [1.54, 1.807) is 24.3 Å². The van der Waals surface area contributed by atoms with Crippen molar-refractivity contribution in [3.63, 3.8) is 0 Å². The lowest BCUT2D eigenvalue weighted by Gasteiger charge is -2.36. The van der Waals surface area contributed by atoms with Crippen LogP contribution in [0, 0.1) is 0 Å². The number of benzene rings is 3. The fourth-order valence-electron chi connectivity index (χ4n) is 4.13. The van der Waals surface area contributed by atoms with Crippen molar-refractivity contribution < 1.29 is 14.4 Å². The van der Waals surface area contributed by atoms with E-state index in [4.69, 9.17) is 0 Å². The highest BCUT2D eigenvalue weighted by atomic mass is 16.2. The summed E-state index contributed by atoms with van der Waals surface area (Å²) in [5.41, 5.74) is 9.87. The maximum Gasteiger partial charge on any atom is 0.269 e. The number of carbonyl (C=O) groups excluding carboxylic acids is 3. The number of nitrogens with one attached hydrogen (secondary N) is 3. The van der Waals surface area contributed by atoms with Crippen LogP contribution in [-0.4, -0.2) is 28.7 Å². The van der Waals surface area contributed by atoms with Gasteiger partial charge in [0.25, 0.3) is 11.8 Å². The smallest absolute Gasteiger partial charge is 0.269 e. The summed E-state index contributed by atoms with van der Waals surface area (Å²) in [5.74, 6) is -0.931. The van der Waals surface area contributed by atoms with Gasteiger partial charge in [0.1, 0.15) is 0 Å². The molecular weight excluding hydrogens is 440 g/mol. The number of hydrazine groups is 1. The lowest BCUT2D eigenvalue weighted by atomic mass is 9.93. The minimum Gasteiger partial charge on any atom is -0.348 e. The van der Waals surface area contributed by atoms with Gasteiger partial charge >= 0.3 is 0 Å². The summed E-state index contributed by atoms with van der Waals surface area (Å²) in [7, 11) is 0. The predicted octanol–water partition coefficient (Wildman–Crippen LogP) is 2.88. The molecule has 4 rings (SSSR count). The maximum absolute atomic E-state index is 13.2. The highest BCUT2D eigenvalue weighted by Crippen LogP contribution is 2.25. The molecule has 1 aliphatic heterocycles. The molecule has 0 aromatic heterocycles. The van der Waals surface area contributed by atoms with E-state index in [9.17, 15) is 14.4 Å². The molecule has 3 N–H and O–H groups in total. The first-order valence-electron chi connectivity index (χ1n) is 11.5. The minimum atomic E-state index is -0.416. The third-order valence-electron chi connectivity index (χ3n) is 6.04. The molecule has 0 saturated carbocycles. The van der Waals surface area contributed by atoms with Crippen molar-refractivity contribution >= 4 is 17.7 Å². The van der Waals surface area contributed by atoms with Crippen LogP contribution in [0.15, 0.2) is 91.5 Å². The summed E-state index contributed by atoms with van der Waals surface area (Å²) in [4.78, 5) is 39.2. The Morgan fingerprint density at radius 2 is 1.54 bits per heavy atom. The van der Waals surface area contributed by atoms with Crippen molar-refractivity contribution in [2.45, 2.75) is 32.1 Å². The van der Waals surface area contributed by atoms with Gasteiger partial charge in [-0.05, 0) is 46.9 Å². The quantitative estimate of drug-likeness (QED) is 0.367. The molecule has 1 heterocycles. The Morgan fingerprint density at radius 1 is 0.857 bits per heavy atom. The Hall–Kier alpha value is -4.23. The first-order valence-corrected chi connectivity index (χ1v) is 11.5. The normalized spacial score (nSPS) is 14.9. The average molecular weight is 469 g/mol. The van der Waals surface area contributed by atoms with Crippen molar-refractivity contribution in [1.82, 2.24) is 21.1 Å². The maximum atomic E-state index is 13.2. The number of fused-ring (bicyclic) bond motifs is 1. The molecule has 35 heavy (non-hydrogen) atoms. The van der Waals surface area contributed by atoms with Crippen molar-refractivity contribution in [2.75, 3.05) is 0 Å². The Balaban J connectivity index is 1.39. The molecule has 0 aliphatic carbocycles. The van der Waals surface area contributed by atoms with Gasteiger partial charge in [-0.25, -0.2) is 0 Å². The summed E-state index contributed by atoms with van der Waals surface area (Å²) in [6, 6.07) is 24.6. The van der Waals surface area contributed by atoms with E-state index in [1.165, 1.54) is 11.6 Å². The molecule has 3 aromatic rings. The molecule has 0 fully saturated rings. The zero-order valence-electron chi connectivity index (χ0n) is 19.4. The highest BCUT2D eigenvalue weighted by molar-refractivity contribution is 5.96. The van der Waals surface area contributed by atoms with Crippen LogP contribution in [0.2, 0.25) is 0 Å². The Morgan fingerprint density at radius 3 is 2.26 bits per heavy atom. The van der Waals surface area contributed by atoms with Crippen LogP contribution in [0.5, 0.6) is 0 Å². The van der Waals surface area contributed by atoms with Crippen LogP contribution in [-0.2, 0) is 35.6 Å². The summed E-state index contributed by atoms with van der Waals surface area (Å²) in [5, 5.41) is 2.68. The largest absolute Gasteiger partial charge is 0.348 e. The van der Waals surface area contributed by atoms with E-state index >= 15 is 0 Å². The monoisotopic (exact) mass is 468 g/mol. The van der Waals surface area contributed by atoms with Gasteiger partial charge < -0.3 is 5.32 Å². The zero-order valence-corrected chi connectivity index (χ0v) is 19.4. The van der Waals surface area contributed by atoms with E-state index in [1.807, 2.05) is 48.5 Å².